The quantitative estimate of drug-likeness (QED) is 0.527. The second kappa shape index (κ2) is 6.96. The molecule has 1 aromatic rings. The standard InChI is InChI=1S/C22H33ClOSi/c1-21(2,3)17-13-14(23)12-16(20(17)24-7)15-10-11-18(25(8)9)19(15)22(4,5)6/h10,12-13,25H,11H2,1-9H3. The molecule has 0 bridgehead atoms. The largest absolute Gasteiger partial charge is 0.496 e. The summed E-state index contributed by atoms with van der Waals surface area (Å²) in [6, 6.07) is 4.13. The molecule has 0 unspecified atom stereocenters. The van der Waals surface area contributed by atoms with E-state index in [1.807, 2.05) is 0 Å². The van der Waals surface area contributed by atoms with Gasteiger partial charge in [0.2, 0.25) is 0 Å². The molecule has 0 heterocycles. The van der Waals surface area contributed by atoms with Crippen molar-refractivity contribution in [1.29, 1.82) is 0 Å². The molecular weight excluding hydrogens is 344 g/mol. The zero-order valence-electron chi connectivity index (χ0n) is 17.3. The maximum atomic E-state index is 6.53. The van der Waals surface area contributed by atoms with Gasteiger partial charge in [0.1, 0.15) is 5.75 Å². The van der Waals surface area contributed by atoms with E-state index >= 15 is 0 Å². The maximum absolute atomic E-state index is 6.53. The third-order valence-electron chi connectivity index (χ3n) is 4.92. The van der Waals surface area contributed by atoms with E-state index in [9.17, 15) is 0 Å². The minimum Gasteiger partial charge on any atom is -0.496 e. The summed E-state index contributed by atoms with van der Waals surface area (Å²) < 4.78 is 5.92. The molecule has 0 saturated carbocycles. The van der Waals surface area contributed by atoms with Gasteiger partial charge in [0, 0.05) is 16.1 Å². The van der Waals surface area contributed by atoms with Gasteiger partial charge in [-0.05, 0) is 40.5 Å². The van der Waals surface area contributed by atoms with Crippen molar-refractivity contribution in [1.82, 2.24) is 0 Å². The van der Waals surface area contributed by atoms with Crippen LogP contribution in [0.25, 0.3) is 5.57 Å². The molecule has 2 rings (SSSR count). The molecule has 138 valence electrons. The van der Waals surface area contributed by atoms with Gasteiger partial charge in [-0.25, -0.2) is 0 Å². The number of hydrogen-bond donors (Lipinski definition) is 0. The van der Waals surface area contributed by atoms with Crippen molar-refractivity contribution in [3.63, 3.8) is 0 Å². The van der Waals surface area contributed by atoms with Crippen molar-refractivity contribution in [2.45, 2.75) is 66.5 Å². The highest BCUT2D eigenvalue weighted by molar-refractivity contribution is 6.64. The highest BCUT2D eigenvalue weighted by Crippen LogP contribution is 2.49. The molecule has 0 radical (unpaired) electrons. The molecule has 0 aliphatic heterocycles. The summed E-state index contributed by atoms with van der Waals surface area (Å²) in [6.45, 7) is 18.4. The lowest BCUT2D eigenvalue weighted by molar-refractivity contribution is 0.396. The number of rotatable bonds is 3. The van der Waals surface area contributed by atoms with E-state index in [1.165, 1.54) is 16.7 Å². The van der Waals surface area contributed by atoms with E-state index in [0.29, 0.717) is 0 Å². The van der Waals surface area contributed by atoms with Gasteiger partial charge < -0.3 is 4.74 Å². The number of ether oxygens (including phenoxy) is 1. The summed E-state index contributed by atoms with van der Waals surface area (Å²) in [5.41, 5.74) is 5.25. The van der Waals surface area contributed by atoms with Gasteiger partial charge >= 0.3 is 0 Å². The number of halogens is 1. The zero-order chi connectivity index (χ0) is 19.2. The van der Waals surface area contributed by atoms with Crippen molar-refractivity contribution >= 4 is 26.0 Å². The fourth-order valence-corrected chi connectivity index (χ4v) is 5.79. The van der Waals surface area contributed by atoms with Crippen molar-refractivity contribution < 1.29 is 4.74 Å². The Morgan fingerprint density at radius 3 is 2.04 bits per heavy atom. The average Bonchev–Trinajstić information content (AvgIpc) is 2.90. The summed E-state index contributed by atoms with van der Waals surface area (Å²) in [5.74, 6) is 0.969. The molecule has 0 fully saturated rings. The normalized spacial score (nSPS) is 15.9. The minimum atomic E-state index is -0.872. The molecule has 1 aromatic carbocycles. The van der Waals surface area contributed by atoms with Crippen LogP contribution in [0.1, 0.15) is 59.1 Å². The van der Waals surface area contributed by atoms with Gasteiger partial charge in [-0.2, -0.15) is 0 Å². The predicted octanol–water partition coefficient (Wildman–Crippen LogP) is 6.80. The van der Waals surface area contributed by atoms with E-state index < -0.39 is 8.80 Å². The van der Waals surface area contributed by atoms with Gasteiger partial charge in [-0.15, -0.1) is 0 Å². The van der Waals surface area contributed by atoms with E-state index in [0.717, 1.165) is 22.8 Å². The molecule has 0 saturated heterocycles. The Labute approximate surface area is 160 Å². The zero-order valence-corrected chi connectivity index (χ0v) is 19.2. The Bertz CT molecular complexity index is 728. The third-order valence-corrected chi connectivity index (χ3v) is 7.06. The van der Waals surface area contributed by atoms with Crippen LogP contribution in [0.2, 0.25) is 18.1 Å². The van der Waals surface area contributed by atoms with Crippen molar-refractivity contribution in [3.05, 3.63) is 45.1 Å². The fraction of sp³-hybridized carbons (Fsp3) is 0.545. The molecule has 25 heavy (non-hydrogen) atoms. The molecule has 0 atom stereocenters. The summed E-state index contributed by atoms with van der Waals surface area (Å²) in [5, 5.41) is 2.45. The molecule has 3 heteroatoms. The van der Waals surface area contributed by atoms with E-state index in [-0.39, 0.29) is 10.8 Å². The van der Waals surface area contributed by atoms with Gasteiger partial charge in [0.25, 0.3) is 0 Å². The van der Waals surface area contributed by atoms with Crippen LogP contribution in [-0.2, 0) is 5.41 Å². The lowest BCUT2D eigenvalue weighted by Gasteiger charge is -2.30. The Balaban J connectivity index is 2.76. The van der Waals surface area contributed by atoms with Crippen molar-refractivity contribution in [2.75, 3.05) is 7.11 Å². The molecule has 1 aliphatic rings. The highest BCUT2D eigenvalue weighted by Gasteiger charge is 2.32. The van der Waals surface area contributed by atoms with Crippen LogP contribution in [-0.4, -0.2) is 15.9 Å². The van der Waals surface area contributed by atoms with E-state index in [1.54, 1.807) is 12.3 Å². The Hall–Kier alpha value is -0.993. The molecule has 0 amide bonds. The van der Waals surface area contributed by atoms with Gasteiger partial charge in [0.15, 0.2) is 0 Å². The first-order valence-electron chi connectivity index (χ1n) is 9.20. The topological polar surface area (TPSA) is 9.23 Å². The second-order valence-electron chi connectivity index (χ2n) is 9.41. The van der Waals surface area contributed by atoms with Gasteiger partial charge in [0.05, 0.1) is 15.9 Å². The lowest BCUT2D eigenvalue weighted by Crippen LogP contribution is -2.18. The number of hydrogen-bond acceptors (Lipinski definition) is 1. The summed E-state index contributed by atoms with van der Waals surface area (Å²) in [4.78, 5) is 0. The summed E-state index contributed by atoms with van der Waals surface area (Å²) in [6.07, 6.45) is 3.47. The van der Waals surface area contributed by atoms with Gasteiger partial charge in [-0.3, -0.25) is 0 Å². The van der Waals surface area contributed by atoms with E-state index in [4.69, 9.17) is 16.3 Å². The van der Waals surface area contributed by atoms with Gasteiger partial charge in [-0.1, -0.05) is 77.5 Å². The first-order chi connectivity index (χ1) is 11.4. The van der Waals surface area contributed by atoms with Crippen LogP contribution in [0.5, 0.6) is 5.75 Å². The Morgan fingerprint density at radius 1 is 1.00 bits per heavy atom. The minimum absolute atomic E-state index is 0.0224. The first-order valence-corrected chi connectivity index (χ1v) is 12.5. The van der Waals surface area contributed by atoms with Crippen molar-refractivity contribution in [3.8, 4) is 5.75 Å². The smallest absolute Gasteiger partial charge is 0.130 e. The number of benzene rings is 1. The van der Waals surface area contributed by atoms with Crippen LogP contribution < -0.4 is 4.74 Å². The molecule has 0 spiro atoms. The maximum Gasteiger partial charge on any atom is 0.130 e. The SMILES string of the molecule is COc1c(C2=CCC([SiH](C)C)=C2C(C)(C)C)cc(Cl)cc1C(C)(C)C. The average molecular weight is 377 g/mol. The van der Waals surface area contributed by atoms with Crippen LogP contribution in [0.4, 0.5) is 0 Å². The van der Waals surface area contributed by atoms with Crippen LogP contribution in [0.3, 0.4) is 0 Å². The molecule has 1 nitrogen and oxygen atoms in total. The summed E-state index contributed by atoms with van der Waals surface area (Å²) >= 11 is 6.53. The van der Waals surface area contributed by atoms with E-state index in [2.05, 4.69) is 72.8 Å². The molecular formula is C22H33ClOSi. The first kappa shape index (κ1) is 20.3. The van der Waals surface area contributed by atoms with Crippen LogP contribution in [0, 0.1) is 5.41 Å². The van der Waals surface area contributed by atoms with Crippen LogP contribution >= 0.6 is 11.6 Å². The predicted molar refractivity (Wildman–Crippen MR) is 115 cm³/mol. The number of methoxy groups -OCH3 is 1. The second-order valence-corrected chi connectivity index (χ2v) is 12.9. The van der Waals surface area contributed by atoms with Crippen molar-refractivity contribution in [2.24, 2.45) is 5.41 Å². The molecule has 0 aromatic heterocycles. The monoisotopic (exact) mass is 376 g/mol. The highest BCUT2D eigenvalue weighted by atomic mass is 35.5. The third kappa shape index (κ3) is 4.06. The fourth-order valence-electron chi connectivity index (χ4n) is 3.81. The van der Waals surface area contributed by atoms with Crippen LogP contribution in [0.15, 0.2) is 29.0 Å². The lowest BCUT2D eigenvalue weighted by atomic mass is 9.79. The molecule has 0 N–H and O–H groups in total. The number of allylic oxidation sites excluding steroid dienone is 4. The Kier molecular flexibility index (Phi) is 5.66. The Morgan fingerprint density at radius 2 is 1.60 bits per heavy atom. The summed E-state index contributed by atoms with van der Waals surface area (Å²) in [7, 11) is 0.902. The molecule has 1 aliphatic carbocycles.